The topological polar surface area (TPSA) is 58.4 Å². The largest absolute Gasteiger partial charge is 0.493 e. The van der Waals surface area contributed by atoms with Gasteiger partial charge >= 0.3 is 0 Å². The van der Waals surface area contributed by atoms with Gasteiger partial charge in [0.05, 0.1) is 31.4 Å². The Bertz CT molecular complexity index is 1290. The van der Waals surface area contributed by atoms with E-state index in [0.717, 1.165) is 26.4 Å². The molecule has 0 saturated heterocycles. The molecular formula is C24H20BrCl2N3O3S. The predicted molar refractivity (Wildman–Crippen MR) is 140 cm³/mol. The van der Waals surface area contributed by atoms with E-state index in [0.29, 0.717) is 38.9 Å². The average Bonchev–Trinajstić information content (AvgIpc) is 3.28. The van der Waals surface area contributed by atoms with E-state index in [9.17, 15) is 0 Å². The van der Waals surface area contributed by atoms with Crippen LogP contribution in [0.25, 0.3) is 17.1 Å². The zero-order chi connectivity index (χ0) is 24.2. The maximum atomic E-state index is 6.19. The van der Waals surface area contributed by atoms with Gasteiger partial charge in [0.15, 0.2) is 22.5 Å². The van der Waals surface area contributed by atoms with Crippen LogP contribution >= 0.6 is 50.9 Å². The Hall–Kier alpha value is -2.39. The van der Waals surface area contributed by atoms with Gasteiger partial charge in [0.25, 0.3) is 0 Å². The summed E-state index contributed by atoms with van der Waals surface area (Å²) in [5.41, 5.74) is 2.71. The summed E-state index contributed by atoms with van der Waals surface area (Å²) in [5.74, 6) is 2.86. The Morgan fingerprint density at radius 1 is 0.853 bits per heavy atom. The fourth-order valence-electron chi connectivity index (χ4n) is 3.36. The zero-order valence-corrected chi connectivity index (χ0v) is 22.4. The Kier molecular flexibility index (Phi) is 7.93. The molecular weight excluding hydrogens is 561 g/mol. The van der Waals surface area contributed by atoms with Gasteiger partial charge in [-0.05, 0) is 54.1 Å². The summed E-state index contributed by atoms with van der Waals surface area (Å²) in [7, 11) is 4.74. The summed E-state index contributed by atoms with van der Waals surface area (Å²) in [6.45, 7) is 0. The predicted octanol–water partition coefficient (Wildman–Crippen LogP) is 7.32. The highest BCUT2D eigenvalue weighted by Crippen LogP contribution is 2.42. The van der Waals surface area contributed by atoms with Crippen molar-refractivity contribution in [1.29, 1.82) is 0 Å². The molecule has 4 aromatic rings. The molecule has 0 saturated carbocycles. The number of ether oxygens (including phenoxy) is 3. The highest BCUT2D eigenvalue weighted by Gasteiger charge is 2.21. The van der Waals surface area contributed by atoms with Crippen molar-refractivity contribution in [3.05, 3.63) is 74.7 Å². The quantitative estimate of drug-likeness (QED) is 0.203. The van der Waals surface area contributed by atoms with Crippen LogP contribution in [0.4, 0.5) is 0 Å². The molecule has 0 aliphatic rings. The van der Waals surface area contributed by atoms with Crippen LogP contribution in [-0.2, 0) is 5.75 Å². The van der Waals surface area contributed by atoms with Crippen LogP contribution in [0.5, 0.6) is 17.2 Å². The van der Waals surface area contributed by atoms with Gasteiger partial charge < -0.3 is 14.2 Å². The third-order valence-corrected chi connectivity index (χ3v) is 7.26. The number of nitrogens with zero attached hydrogens (tertiary/aromatic N) is 3. The molecule has 0 bridgehead atoms. The van der Waals surface area contributed by atoms with Crippen molar-refractivity contribution in [2.24, 2.45) is 0 Å². The van der Waals surface area contributed by atoms with Crippen LogP contribution in [0.3, 0.4) is 0 Å². The first-order valence-electron chi connectivity index (χ1n) is 10.0. The lowest BCUT2D eigenvalue weighted by Gasteiger charge is -2.15. The molecule has 0 unspecified atom stereocenters. The van der Waals surface area contributed by atoms with Crippen molar-refractivity contribution in [3.8, 4) is 34.3 Å². The normalized spacial score (nSPS) is 10.9. The molecule has 10 heteroatoms. The second kappa shape index (κ2) is 10.9. The number of hydrogen-bond donors (Lipinski definition) is 0. The van der Waals surface area contributed by atoms with E-state index in [2.05, 4.69) is 26.1 Å². The van der Waals surface area contributed by atoms with Gasteiger partial charge in [-0.2, -0.15) is 0 Å². The molecule has 0 atom stereocenters. The molecule has 1 aromatic heterocycles. The maximum absolute atomic E-state index is 6.19. The second-order valence-electron chi connectivity index (χ2n) is 7.07. The summed E-state index contributed by atoms with van der Waals surface area (Å²) in [5, 5.41) is 10.8. The fourth-order valence-corrected chi connectivity index (χ4v) is 4.84. The highest BCUT2D eigenvalue weighted by molar-refractivity contribution is 9.10. The molecule has 0 radical (unpaired) electrons. The van der Waals surface area contributed by atoms with Gasteiger partial charge in [0, 0.05) is 21.5 Å². The van der Waals surface area contributed by atoms with Crippen molar-refractivity contribution in [1.82, 2.24) is 14.8 Å². The van der Waals surface area contributed by atoms with E-state index in [1.807, 2.05) is 53.1 Å². The van der Waals surface area contributed by atoms with E-state index < -0.39 is 0 Å². The van der Waals surface area contributed by atoms with Crippen LogP contribution < -0.4 is 14.2 Å². The number of thioether (sulfide) groups is 1. The molecule has 6 nitrogen and oxygen atoms in total. The number of methoxy groups -OCH3 is 3. The molecule has 0 N–H and O–H groups in total. The summed E-state index contributed by atoms with van der Waals surface area (Å²) < 4.78 is 19.5. The van der Waals surface area contributed by atoms with Crippen molar-refractivity contribution in [3.63, 3.8) is 0 Å². The van der Waals surface area contributed by atoms with Gasteiger partial charge in [-0.25, -0.2) is 0 Å². The van der Waals surface area contributed by atoms with Crippen molar-refractivity contribution < 1.29 is 14.2 Å². The van der Waals surface area contributed by atoms with Gasteiger partial charge in [-0.3, -0.25) is 4.57 Å². The van der Waals surface area contributed by atoms with E-state index in [-0.39, 0.29) is 0 Å². The number of halogens is 3. The summed E-state index contributed by atoms with van der Waals surface area (Å²) >= 11 is 17.3. The molecule has 176 valence electrons. The number of rotatable bonds is 8. The van der Waals surface area contributed by atoms with E-state index in [1.54, 1.807) is 39.2 Å². The van der Waals surface area contributed by atoms with Crippen LogP contribution in [-0.4, -0.2) is 36.1 Å². The molecule has 0 aliphatic heterocycles. The smallest absolute Gasteiger partial charge is 0.203 e. The molecule has 3 aromatic carbocycles. The summed E-state index contributed by atoms with van der Waals surface area (Å²) in [6.07, 6.45) is 0. The van der Waals surface area contributed by atoms with E-state index in [4.69, 9.17) is 37.4 Å². The van der Waals surface area contributed by atoms with Crippen molar-refractivity contribution in [2.45, 2.75) is 10.9 Å². The second-order valence-corrected chi connectivity index (χ2v) is 9.74. The standard InChI is InChI=1S/C24H20BrCl2N3O3S/c1-31-20-11-15(12-21(32-2)22(20)33-3)23-28-29-24(30(23)17-7-5-16(25)6-8-17)34-13-14-4-9-18(26)19(27)10-14/h4-12H,13H2,1-3H3. The molecule has 0 fully saturated rings. The fraction of sp³-hybridized carbons (Fsp3) is 0.167. The SMILES string of the molecule is COc1cc(-c2nnc(SCc3ccc(Cl)c(Cl)c3)n2-c2ccc(Br)cc2)cc(OC)c1OC. The third kappa shape index (κ3) is 5.15. The van der Waals surface area contributed by atoms with E-state index in [1.165, 1.54) is 0 Å². The Morgan fingerprint density at radius 2 is 1.53 bits per heavy atom. The van der Waals surface area contributed by atoms with E-state index >= 15 is 0 Å². The Morgan fingerprint density at radius 3 is 2.12 bits per heavy atom. The molecule has 34 heavy (non-hydrogen) atoms. The van der Waals surface area contributed by atoms with Crippen molar-refractivity contribution in [2.75, 3.05) is 21.3 Å². The number of hydrogen-bond acceptors (Lipinski definition) is 6. The highest BCUT2D eigenvalue weighted by atomic mass is 79.9. The zero-order valence-electron chi connectivity index (χ0n) is 18.5. The first-order valence-corrected chi connectivity index (χ1v) is 12.6. The molecule has 1 heterocycles. The molecule has 0 aliphatic carbocycles. The van der Waals surface area contributed by atoms with Crippen LogP contribution in [0.2, 0.25) is 10.0 Å². The lowest BCUT2D eigenvalue weighted by Crippen LogP contribution is -2.01. The summed E-state index contributed by atoms with van der Waals surface area (Å²) in [6, 6.07) is 17.3. The number of benzene rings is 3. The van der Waals surface area contributed by atoms with Crippen molar-refractivity contribution >= 4 is 50.9 Å². The Labute approximate surface area is 220 Å². The number of aromatic nitrogens is 3. The molecule has 4 rings (SSSR count). The van der Waals surface area contributed by atoms with Gasteiger partial charge in [-0.1, -0.05) is 57.0 Å². The lowest BCUT2D eigenvalue weighted by molar-refractivity contribution is 0.324. The minimum Gasteiger partial charge on any atom is -0.493 e. The third-order valence-electron chi connectivity index (χ3n) is 4.99. The van der Waals surface area contributed by atoms with Crippen LogP contribution in [0, 0.1) is 0 Å². The molecule has 0 amide bonds. The van der Waals surface area contributed by atoms with Gasteiger partial charge in [0.1, 0.15) is 0 Å². The lowest BCUT2D eigenvalue weighted by atomic mass is 10.1. The van der Waals surface area contributed by atoms with Gasteiger partial charge in [-0.15, -0.1) is 10.2 Å². The maximum Gasteiger partial charge on any atom is 0.203 e. The monoisotopic (exact) mass is 579 g/mol. The first kappa shape index (κ1) is 24.7. The first-order chi connectivity index (χ1) is 16.4. The summed E-state index contributed by atoms with van der Waals surface area (Å²) in [4.78, 5) is 0. The van der Waals surface area contributed by atoms with Gasteiger partial charge in [0.2, 0.25) is 5.75 Å². The minimum absolute atomic E-state index is 0.512. The average molecular weight is 581 g/mol. The Balaban J connectivity index is 1.80. The van der Waals surface area contributed by atoms with Crippen LogP contribution in [0.15, 0.2) is 64.2 Å². The van der Waals surface area contributed by atoms with Crippen LogP contribution in [0.1, 0.15) is 5.56 Å². The minimum atomic E-state index is 0.512. The molecule has 0 spiro atoms.